The first-order valence-electron chi connectivity index (χ1n) is 5.05. The number of esters is 2. The number of carbonyl (C=O) groups excluding carboxylic acids is 2. The average molecular weight is 202 g/mol. The molecule has 0 aromatic rings. The molecule has 0 bridgehead atoms. The van der Waals surface area contributed by atoms with Gasteiger partial charge in [0.2, 0.25) is 0 Å². The van der Waals surface area contributed by atoms with Crippen LogP contribution < -0.4 is 0 Å². The Morgan fingerprint density at radius 1 is 1.07 bits per heavy atom. The lowest BCUT2D eigenvalue weighted by molar-refractivity contribution is -0.161. The van der Waals surface area contributed by atoms with Crippen molar-refractivity contribution >= 4 is 11.9 Å². The number of carbonyl (C=O) groups is 2. The minimum atomic E-state index is -0.872. The summed E-state index contributed by atoms with van der Waals surface area (Å²) in [4.78, 5) is 21.4. The summed E-state index contributed by atoms with van der Waals surface area (Å²) in [6.07, 6.45) is 5.43. The molecule has 4 heteroatoms. The lowest BCUT2D eigenvalue weighted by atomic mass is 10.1. The van der Waals surface area contributed by atoms with Crippen molar-refractivity contribution in [1.82, 2.24) is 0 Å². The van der Waals surface area contributed by atoms with Gasteiger partial charge in [-0.2, -0.15) is 0 Å². The topological polar surface area (TPSA) is 63.6 Å². The highest BCUT2D eigenvalue weighted by molar-refractivity contribution is 5.85. The van der Waals surface area contributed by atoms with Gasteiger partial charge in [-0.25, -0.2) is 4.79 Å². The van der Waals surface area contributed by atoms with Gasteiger partial charge in [-0.15, -0.1) is 0 Å². The fourth-order valence-electron chi connectivity index (χ4n) is 1.08. The van der Waals surface area contributed by atoms with Crippen molar-refractivity contribution in [3.8, 4) is 0 Å². The van der Waals surface area contributed by atoms with Crippen LogP contribution in [0.2, 0.25) is 0 Å². The van der Waals surface area contributed by atoms with Crippen LogP contribution in [0.1, 0.15) is 45.4 Å². The lowest BCUT2D eigenvalue weighted by Gasteiger charge is -2.00. The van der Waals surface area contributed by atoms with Gasteiger partial charge >= 0.3 is 11.9 Å². The third kappa shape index (κ3) is 7.73. The zero-order chi connectivity index (χ0) is 10.8. The molecule has 0 radical (unpaired) electrons. The van der Waals surface area contributed by atoms with Crippen LogP contribution in [0, 0.1) is 0 Å². The van der Waals surface area contributed by atoms with Crippen LogP contribution in [0.5, 0.6) is 0 Å². The molecule has 0 atom stereocenters. The van der Waals surface area contributed by atoms with Crippen molar-refractivity contribution in [2.45, 2.75) is 45.4 Å². The molecule has 0 aliphatic rings. The van der Waals surface area contributed by atoms with Crippen LogP contribution in [0.3, 0.4) is 0 Å². The Bertz CT molecular complexity index is 177. The fraction of sp³-hybridized carbons (Fsp3) is 0.800. The molecular formula is C10H18O4. The summed E-state index contributed by atoms with van der Waals surface area (Å²) >= 11 is 0. The van der Waals surface area contributed by atoms with E-state index in [-0.39, 0.29) is 6.42 Å². The Kier molecular flexibility index (Phi) is 8.13. The molecule has 1 N–H and O–H groups in total. The summed E-state index contributed by atoms with van der Waals surface area (Å²) < 4.78 is 4.28. The van der Waals surface area contributed by atoms with E-state index in [1.807, 2.05) is 0 Å². The Morgan fingerprint density at radius 2 is 1.71 bits per heavy atom. The third-order valence-electron chi connectivity index (χ3n) is 1.84. The number of aliphatic hydroxyl groups excluding tert-OH is 1. The molecule has 0 amide bonds. The zero-order valence-corrected chi connectivity index (χ0v) is 8.62. The fourth-order valence-corrected chi connectivity index (χ4v) is 1.08. The van der Waals surface area contributed by atoms with Gasteiger partial charge in [0.25, 0.3) is 0 Å². The molecule has 0 aliphatic carbocycles. The van der Waals surface area contributed by atoms with E-state index in [1.165, 1.54) is 6.42 Å². The van der Waals surface area contributed by atoms with Crippen LogP contribution in [0.4, 0.5) is 0 Å². The van der Waals surface area contributed by atoms with E-state index in [9.17, 15) is 9.59 Å². The van der Waals surface area contributed by atoms with E-state index in [1.54, 1.807) is 0 Å². The summed E-state index contributed by atoms with van der Waals surface area (Å²) in [5.74, 6) is -1.41. The van der Waals surface area contributed by atoms with E-state index >= 15 is 0 Å². The molecule has 14 heavy (non-hydrogen) atoms. The number of unbranched alkanes of at least 4 members (excludes halogenated alkanes) is 4. The quantitative estimate of drug-likeness (QED) is 0.385. The minimum Gasteiger partial charge on any atom is -0.391 e. The number of ether oxygens (including phenoxy) is 1. The molecule has 0 unspecified atom stereocenters. The first kappa shape index (κ1) is 13.1. The molecule has 82 valence electrons. The van der Waals surface area contributed by atoms with Crippen LogP contribution in [0.25, 0.3) is 0 Å². The van der Waals surface area contributed by atoms with Crippen molar-refractivity contribution in [2.24, 2.45) is 0 Å². The lowest BCUT2D eigenvalue weighted by Crippen LogP contribution is -2.14. The Balaban J connectivity index is 3.31. The number of hydrogen-bond donors (Lipinski definition) is 1. The summed E-state index contributed by atoms with van der Waals surface area (Å²) in [5, 5.41) is 8.30. The molecule has 0 aromatic carbocycles. The number of aliphatic hydroxyl groups is 1. The maximum Gasteiger partial charge on any atom is 0.339 e. The summed E-state index contributed by atoms with van der Waals surface area (Å²) in [7, 11) is 0. The Labute approximate surface area is 84.3 Å². The molecule has 4 nitrogen and oxygen atoms in total. The minimum absolute atomic E-state index is 0.259. The van der Waals surface area contributed by atoms with Crippen LogP contribution in [0.15, 0.2) is 0 Å². The van der Waals surface area contributed by atoms with Crippen molar-refractivity contribution < 1.29 is 19.4 Å². The first-order valence-corrected chi connectivity index (χ1v) is 5.05. The number of hydrogen-bond acceptors (Lipinski definition) is 4. The van der Waals surface area contributed by atoms with E-state index in [0.717, 1.165) is 25.7 Å². The highest BCUT2D eigenvalue weighted by atomic mass is 16.6. The van der Waals surface area contributed by atoms with Crippen molar-refractivity contribution in [2.75, 3.05) is 6.61 Å². The van der Waals surface area contributed by atoms with Crippen molar-refractivity contribution in [3.63, 3.8) is 0 Å². The van der Waals surface area contributed by atoms with Crippen molar-refractivity contribution in [3.05, 3.63) is 0 Å². The molecule has 0 rings (SSSR count). The van der Waals surface area contributed by atoms with Crippen molar-refractivity contribution in [1.29, 1.82) is 0 Å². The van der Waals surface area contributed by atoms with E-state index in [4.69, 9.17) is 5.11 Å². The second-order valence-electron chi connectivity index (χ2n) is 3.17. The summed E-state index contributed by atoms with van der Waals surface area (Å²) in [5.41, 5.74) is 0. The zero-order valence-electron chi connectivity index (χ0n) is 8.62. The predicted molar refractivity (Wildman–Crippen MR) is 51.6 cm³/mol. The molecule has 0 spiro atoms. The van der Waals surface area contributed by atoms with E-state index in [0.29, 0.717) is 0 Å². The Hall–Kier alpha value is -0.900. The average Bonchev–Trinajstić information content (AvgIpc) is 2.17. The SMILES string of the molecule is CCCCCCCC(=O)OC(=O)CO. The second kappa shape index (κ2) is 8.69. The van der Waals surface area contributed by atoms with Crippen LogP contribution >= 0.6 is 0 Å². The Morgan fingerprint density at radius 3 is 2.29 bits per heavy atom. The van der Waals surface area contributed by atoms with Gasteiger partial charge < -0.3 is 9.84 Å². The third-order valence-corrected chi connectivity index (χ3v) is 1.84. The summed E-state index contributed by atoms with van der Waals surface area (Å²) in [6.45, 7) is 1.38. The molecule has 0 heterocycles. The monoisotopic (exact) mass is 202 g/mol. The van der Waals surface area contributed by atoms with Gasteiger partial charge in [-0.1, -0.05) is 32.6 Å². The van der Waals surface area contributed by atoms with Gasteiger partial charge in [0, 0.05) is 6.42 Å². The smallest absolute Gasteiger partial charge is 0.339 e. The van der Waals surface area contributed by atoms with Gasteiger partial charge in [0.15, 0.2) is 0 Å². The van der Waals surface area contributed by atoms with Gasteiger partial charge in [-0.05, 0) is 6.42 Å². The molecule has 0 aromatic heterocycles. The second-order valence-corrected chi connectivity index (χ2v) is 3.17. The van der Waals surface area contributed by atoms with Gasteiger partial charge in [0.1, 0.15) is 6.61 Å². The van der Waals surface area contributed by atoms with E-state index in [2.05, 4.69) is 11.7 Å². The van der Waals surface area contributed by atoms with Crippen LogP contribution in [-0.2, 0) is 14.3 Å². The number of rotatable bonds is 7. The van der Waals surface area contributed by atoms with Gasteiger partial charge in [-0.3, -0.25) is 4.79 Å². The highest BCUT2D eigenvalue weighted by Gasteiger charge is 2.07. The maximum absolute atomic E-state index is 10.9. The molecule has 0 fully saturated rings. The molecule has 0 saturated heterocycles. The van der Waals surface area contributed by atoms with Gasteiger partial charge in [0.05, 0.1) is 0 Å². The normalized spacial score (nSPS) is 9.86. The highest BCUT2D eigenvalue weighted by Crippen LogP contribution is 2.05. The predicted octanol–water partition coefficient (Wildman–Crippen LogP) is 1.41. The standard InChI is InChI=1S/C10H18O4/c1-2-3-4-5-6-7-9(12)14-10(13)8-11/h11H,2-8H2,1H3. The molecule has 0 saturated carbocycles. The summed E-state index contributed by atoms with van der Waals surface area (Å²) in [6, 6.07) is 0. The first-order chi connectivity index (χ1) is 6.70. The maximum atomic E-state index is 10.9. The largest absolute Gasteiger partial charge is 0.391 e. The molecule has 0 aliphatic heterocycles. The molecular weight excluding hydrogens is 184 g/mol. The van der Waals surface area contributed by atoms with Crippen LogP contribution in [-0.4, -0.2) is 23.7 Å². The van der Waals surface area contributed by atoms with E-state index < -0.39 is 18.5 Å².